The van der Waals surface area contributed by atoms with Crippen LogP contribution < -0.4 is 0 Å². The fraction of sp³-hybridized carbons (Fsp3) is 0.316. The van der Waals surface area contributed by atoms with Crippen LogP contribution in [-0.2, 0) is 11.3 Å². The molecule has 2 aromatic carbocycles. The SMILES string of the molecule is O=C(OC1CCN(Cc2ccccc2)CC1)c1ccccc1Br. The fourth-order valence-electron chi connectivity index (χ4n) is 2.87. The maximum atomic E-state index is 12.2. The summed E-state index contributed by atoms with van der Waals surface area (Å²) < 4.78 is 6.44. The van der Waals surface area contributed by atoms with E-state index in [1.54, 1.807) is 6.07 Å². The zero-order valence-corrected chi connectivity index (χ0v) is 14.5. The smallest absolute Gasteiger partial charge is 0.339 e. The number of carbonyl (C=O) groups excluding carboxylic acids is 1. The van der Waals surface area contributed by atoms with Crippen molar-refractivity contribution in [1.82, 2.24) is 4.90 Å². The molecule has 120 valence electrons. The average Bonchev–Trinajstić information content (AvgIpc) is 2.58. The summed E-state index contributed by atoms with van der Waals surface area (Å²) in [5.41, 5.74) is 1.93. The molecule has 0 amide bonds. The maximum absolute atomic E-state index is 12.2. The molecule has 1 heterocycles. The van der Waals surface area contributed by atoms with E-state index in [0.29, 0.717) is 5.56 Å². The van der Waals surface area contributed by atoms with Crippen molar-refractivity contribution in [2.24, 2.45) is 0 Å². The van der Waals surface area contributed by atoms with Crippen LogP contribution >= 0.6 is 15.9 Å². The molecular weight excluding hydrogens is 354 g/mol. The lowest BCUT2D eigenvalue weighted by atomic mass is 10.1. The Morgan fingerprint density at radius 2 is 1.70 bits per heavy atom. The van der Waals surface area contributed by atoms with E-state index in [9.17, 15) is 4.79 Å². The van der Waals surface area contributed by atoms with Crippen LogP contribution in [0.25, 0.3) is 0 Å². The third kappa shape index (κ3) is 4.43. The summed E-state index contributed by atoms with van der Waals surface area (Å²) in [6, 6.07) is 17.9. The first-order valence-corrected chi connectivity index (χ1v) is 8.73. The Morgan fingerprint density at radius 1 is 1.04 bits per heavy atom. The molecule has 0 unspecified atom stereocenters. The van der Waals surface area contributed by atoms with E-state index < -0.39 is 0 Å². The Labute approximate surface area is 145 Å². The van der Waals surface area contributed by atoms with E-state index in [4.69, 9.17) is 4.74 Å². The number of hydrogen-bond donors (Lipinski definition) is 0. The topological polar surface area (TPSA) is 29.5 Å². The Hall–Kier alpha value is -1.65. The number of halogens is 1. The van der Waals surface area contributed by atoms with E-state index in [1.807, 2.05) is 24.3 Å². The zero-order chi connectivity index (χ0) is 16.1. The minimum absolute atomic E-state index is 0.0154. The fourth-order valence-corrected chi connectivity index (χ4v) is 3.32. The van der Waals surface area contributed by atoms with E-state index in [0.717, 1.165) is 36.9 Å². The van der Waals surface area contributed by atoms with Crippen molar-refractivity contribution in [3.05, 3.63) is 70.2 Å². The van der Waals surface area contributed by atoms with Crippen molar-refractivity contribution in [2.75, 3.05) is 13.1 Å². The van der Waals surface area contributed by atoms with Crippen LogP contribution in [0.1, 0.15) is 28.8 Å². The summed E-state index contributed by atoms with van der Waals surface area (Å²) >= 11 is 3.40. The summed E-state index contributed by atoms with van der Waals surface area (Å²) in [6.07, 6.45) is 1.80. The largest absolute Gasteiger partial charge is 0.459 e. The first-order valence-electron chi connectivity index (χ1n) is 7.94. The minimum Gasteiger partial charge on any atom is -0.459 e. The van der Waals surface area contributed by atoms with Crippen LogP contribution in [0.15, 0.2) is 59.1 Å². The minimum atomic E-state index is -0.237. The number of nitrogens with zero attached hydrogens (tertiary/aromatic N) is 1. The molecule has 3 nitrogen and oxygen atoms in total. The van der Waals surface area contributed by atoms with Crippen molar-refractivity contribution in [2.45, 2.75) is 25.5 Å². The Balaban J connectivity index is 1.49. The van der Waals surface area contributed by atoms with Gasteiger partial charge in [-0.3, -0.25) is 4.90 Å². The summed E-state index contributed by atoms with van der Waals surface area (Å²) in [5, 5.41) is 0. The van der Waals surface area contributed by atoms with Gasteiger partial charge in [-0.1, -0.05) is 42.5 Å². The molecule has 1 fully saturated rings. The standard InChI is InChI=1S/C19H20BrNO2/c20-18-9-5-4-8-17(18)19(22)23-16-10-12-21(13-11-16)14-15-6-2-1-3-7-15/h1-9,16H,10-14H2. The second-order valence-electron chi connectivity index (χ2n) is 5.85. The molecule has 23 heavy (non-hydrogen) atoms. The van der Waals surface area contributed by atoms with Gasteiger partial charge < -0.3 is 4.74 Å². The molecule has 3 rings (SSSR count). The molecule has 0 spiro atoms. The number of carbonyl (C=O) groups is 1. The predicted molar refractivity (Wildman–Crippen MR) is 94.3 cm³/mol. The highest BCUT2D eigenvalue weighted by Gasteiger charge is 2.23. The van der Waals surface area contributed by atoms with Crippen LogP contribution in [0.2, 0.25) is 0 Å². The van der Waals surface area contributed by atoms with Gasteiger partial charge in [0, 0.05) is 24.1 Å². The van der Waals surface area contributed by atoms with Gasteiger partial charge in [-0.15, -0.1) is 0 Å². The van der Waals surface area contributed by atoms with Crippen molar-refractivity contribution in [3.63, 3.8) is 0 Å². The molecule has 0 saturated carbocycles. The molecule has 1 aliphatic heterocycles. The predicted octanol–water partition coefficient (Wildman–Crippen LogP) is 4.27. The van der Waals surface area contributed by atoms with Crippen LogP contribution in [0.3, 0.4) is 0 Å². The second kappa shape index (κ2) is 7.75. The normalized spacial score (nSPS) is 16.2. The lowest BCUT2D eigenvalue weighted by Gasteiger charge is -2.31. The molecule has 1 aliphatic rings. The molecule has 0 radical (unpaired) electrons. The van der Waals surface area contributed by atoms with Gasteiger partial charge in [0.15, 0.2) is 0 Å². The number of esters is 1. The van der Waals surface area contributed by atoms with E-state index in [1.165, 1.54) is 5.56 Å². The summed E-state index contributed by atoms with van der Waals surface area (Å²) in [5.74, 6) is -0.237. The zero-order valence-electron chi connectivity index (χ0n) is 13.0. The van der Waals surface area contributed by atoms with Gasteiger partial charge in [0.25, 0.3) is 0 Å². The molecule has 0 atom stereocenters. The molecular formula is C19H20BrNO2. The average molecular weight is 374 g/mol. The lowest BCUT2D eigenvalue weighted by molar-refractivity contribution is 0.0103. The lowest BCUT2D eigenvalue weighted by Crippen LogP contribution is -2.37. The van der Waals surface area contributed by atoms with Crippen LogP contribution in [0.5, 0.6) is 0 Å². The number of piperidine rings is 1. The number of benzene rings is 2. The van der Waals surface area contributed by atoms with Crippen molar-refractivity contribution < 1.29 is 9.53 Å². The van der Waals surface area contributed by atoms with Gasteiger partial charge >= 0.3 is 5.97 Å². The number of rotatable bonds is 4. The summed E-state index contributed by atoms with van der Waals surface area (Å²) in [4.78, 5) is 14.7. The monoisotopic (exact) mass is 373 g/mol. The van der Waals surface area contributed by atoms with E-state index >= 15 is 0 Å². The molecule has 0 N–H and O–H groups in total. The number of hydrogen-bond acceptors (Lipinski definition) is 3. The van der Waals surface area contributed by atoms with Crippen LogP contribution in [0, 0.1) is 0 Å². The third-order valence-electron chi connectivity index (χ3n) is 4.15. The van der Waals surface area contributed by atoms with Gasteiger partial charge in [-0.05, 0) is 46.5 Å². The highest BCUT2D eigenvalue weighted by atomic mass is 79.9. The maximum Gasteiger partial charge on any atom is 0.339 e. The van der Waals surface area contributed by atoms with Gasteiger partial charge in [0.2, 0.25) is 0 Å². The second-order valence-corrected chi connectivity index (χ2v) is 6.70. The molecule has 0 bridgehead atoms. The Bertz CT molecular complexity index is 651. The Kier molecular flexibility index (Phi) is 5.47. The highest BCUT2D eigenvalue weighted by molar-refractivity contribution is 9.10. The van der Waals surface area contributed by atoms with Gasteiger partial charge in [0.05, 0.1) is 5.56 Å². The van der Waals surface area contributed by atoms with Crippen molar-refractivity contribution in [1.29, 1.82) is 0 Å². The van der Waals surface area contributed by atoms with E-state index in [2.05, 4.69) is 45.1 Å². The first kappa shape index (κ1) is 16.2. The van der Waals surface area contributed by atoms with Gasteiger partial charge in [-0.25, -0.2) is 4.79 Å². The van der Waals surface area contributed by atoms with Crippen molar-refractivity contribution >= 4 is 21.9 Å². The van der Waals surface area contributed by atoms with Crippen LogP contribution in [0.4, 0.5) is 0 Å². The molecule has 4 heteroatoms. The van der Waals surface area contributed by atoms with Gasteiger partial charge in [0.1, 0.15) is 6.10 Å². The quantitative estimate of drug-likeness (QED) is 0.749. The van der Waals surface area contributed by atoms with Gasteiger partial charge in [-0.2, -0.15) is 0 Å². The third-order valence-corrected chi connectivity index (χ3v) is 4.84. The molecule has 1 saturated heterocycles. The number of ether oxygens (including phenoxy) is 1. The summed E-state index contributed by atoms with van der Waals surface area (Å²) in [6.45, 7) is 2.89. The molecule has 0 aromatic heterocycles. The number of likely N-dealkylation sites (tertiary alicyclic amines) is 1. The molecule has 2 aromatic rings. The first-order chi connectivity index (χ1) is 11.2. The molecule has 0 aliphatic carbocycles. The van der Waals surface area contributed by atoms with E-state index in [-0.39, 0.29) is 12.1 Å². The summed E-state index contributed by atoms with van der Waals surface area (Å²) in [7, 11) is 0. The van der Waals surface area contributed by atoms with Crippen molar-refractivity contribution in [3.8, 4) is 0 Å². The highest BCUT2D eigenvalue weighted by Crippen LogP contribution is 2.21. The van der Waals surface area contributed by atoms with Crippen LogP contribution in [-0.4, -0.2) is 30.1 Å². The Morgan fingerprint density at radius 3 is 2.39 bits per heavy atom.